The van der Waals surface area contributed by atoms with Gasteiger partial charge >= 0.3 is 0 Å². The van der Waals surface area contributed by atoms with E-state index in [4.69, 9.17) is 0 Å². The molecule has 6 nitrogen and oxygen atoms in total. The number of nitrogens with one attached hydrogen (secondary N) is 1. The minimum absolute atomic E-state index is 0.302. The minimum atomic E-state index is -0.302. The quantitative estimate of drug-likeness (QED) is 0.916. The van der Waals surface area contributed by atoms with Crippen molar-refractivity contribution in [1.29, 1.82) is 5.26 Å². The monoisotopic (exact) mass is 287 g/mol. The van der Waals surface area contributed by atoms with Gasteiger partial charge in [0.2, 0.25) is 5.82 Å². The third-order valence-corrected chi connectivity index (χ3v) is 4.66. The van der Waals surface area contributed by atoms with Crippen LogP contribution in [-0.2, 0) is 13.0 Å². The topological polar surface area (TPSA) is 83.6 Å². The number of thiophene rings is 1. The highest BCUT2D eigenvalue weighted by molar-refractivity contribution is 7.16. The van der Waals surface area contributed by atoms with Gasteiger partial charge in [0.25, 0.3) is 5.91 Å². The smallest absolute Gasteiger partial charge is 0.294 e. The molecule has 0 radical (unpaired) electrons. The van der Waals surface area contributed by atoms with Crippen molar-refractivity contribution in [2.45, 2.75) is 33.2 Å². The number of rotatable bonds is 2. The van der Waals surface area contributed by atoms with Gasteiger partial charge in [-0.1, -0.05) is 0 Å². The van der Waals surface area contributed by atoms with Crippen LogP contribution in [0, 0.1) is 25.2 Å². The van der Waals surface area contributed by atoms with Crippen LogP contribution < -0.4 is 5.32 Å². The Morgan fingerprint density at radius 2 is 2.25 bits per heavy atom. The van der Waals surface area contributed by atoms with E-state index in [0.29, 0.717) is 16.4 Å². The molecule has 7 heteroatoms. The predicted octanol–water partition coefficient (Wildman–Crippen LogP) is 2.03. The Labute approximate surface area is 120 Å². The Morgan fingerprint density at radius 1 is 1.45 bits per heavy atom. The van der Waals surface area contributed by atoms with Gasteiger partial charge in [0, 0.05) is 17.8 Å². The number of nitriles is 1. The van der Waals surface area contributed by atoms with Gasteiger partial charge in [-0.25, -0.2) is 0 Å². The molecule has 1 aliphatic heterocycles. The van der Waals surface area contributed by atoms with Crippen LogP contribution in [0.2, 0.25) is 0 Å². The first kappa shape index (κ1) is 12.8. The maximum atomic E-state index is 12.3. The van der Waals surface area contributed by atoms with E-state index in [1.54, 1.807) is 0 Å². The number of aryl methyl sites for hydroxylation is 2. The molecule has 0 aromatic carbocycles. The molecule has 0 bridgehead atoms. The summed E-state index contributed by atoms with van der Waals surface area (Å²) in [4.78, 5) is 13.3. The van der Waals surface area contributed by atoms with E-state index in [0.717, 1.165) is 35.7 Å². The van der Waals surface area contributed by atoms with Crippen LogP contribution in [0.25, 0.3) is 0 Å². The summed E-state index contributed by atoms with van der Waals surface area (Å²) in [5, 5.41) is 20.5. The summed E-state index contributed by atoms with van der Waals surface area (Å²) in [6.45, 7) is 4.60. The maximum absolute atomic E-state index is 12.3. The number of anilines is 1. The highest BCUT2D eigenvalue weighted by Crippen LogP contribution is 2.32. The summed E-state index contributed by atoms with van der Waals surface area (Å²) >= 11 is 1.41. The summed E-state index contributed by atoms with van der Waals surface area (Å²) in [7, 11) is 0. The zero-order valence-electron chi connectivity index (χ0n) is 11.2. The number of hydrogen-bond acceptors (Lipinski definition) is 5. The van der Waals surface area contributed by atoms with Crippen LogP contribution in [0.5, 0.6) is 0 Å². The molecule has 3 heterocycles. The fourth-order valence-corrected chi connectivity index (χ4v) is 3.33. The second-order valence-electron chi connectivity index (χ2n) is 4.75. The van der Waals surface area contributed by atoms with Crippen LogP contribution >= 0.6 is 11.3 Å². The Hall–Kier alpha value is -2.20. The molecule has 2 aromatic heterocycles. The fourth-order valence-electron chi connectivity index (χ4n) is 2.33. The number of fused-ring (bicyclic) bond motifs is 1. The van der Waals surface area contributed by atoms with E-state index < -0.39 is 0 Å². The molecule has 0 unspecified atom stereocenters. The molecule has 0 saturated carbocycles. The lowest BCUT2D eigenvalue weighted by atomic mass is 10.2. The van der Waals surface area contributed by atoms with Gasteiger partial charge in [0.1, 0.15) is 16.9 Å². The molecule has 1 N–H and O–H groups in total. The third kappa shape index (κ3) is 1.89. The highest BCUT2D eigenvalue weighted by atomic mass is 32.1. The number of nitrogens with zero attached hydrogens (tertiary/aromatic N) is 4. The van der Waals surface area contributed by atoms with Crippen LogP contribution in [0.3, 0.4) is 0 Å². The van der Waals surface area contributed by atoms with Crippen molar-refractivity contribution in [2.75, 3.05) is 5.32 Å². The molecule has 0 atom stereocenters. The summed E-state index contributed by atoms with van der Waals surface area (Å²) in [5.41, 5.74) is 1.45. The van der Waals surface area contributed by atoms with Crippen LogP contribution in [0.15, 0.2) is 0 Å². The first-order chi connectivity index (χ1) is 9.61. The summed E-state index contributed by atoms with van der Waals surface area (Å²) < 4.78 is 1.84. The molecule has 0 saturated heterocycles. The van der Waals surface area contributed by atoms with Gasteiger partial charge in [0.05, 0.1) is 5.56 Å². The number of carbonyl (C=O) groups excluding carboxylic acids is 1. The SMILES string of the molecule is Cc1sc(NC(=O)c2nnc3n2CCC3)c(C#N)c1C. The van der Waals surface area contributed by atoms with Gasteiger partial charge in [0.15, 0.2) is 0 Å². The fraction of sp³-hybridized carbons (Fsp3) is 0.385. The number of aromatic nitrogens is 3. The average Bonchev–Trinajstić information content (AvgIpc) is 3.05. The highest BCUT2D eigenvalue weighted by Gasteiger charge is 2.23. The van der Waals surface area contributed by atoms with Gasteiger partial charge in [-0.3, -0.25) is 4.79 Å². The predicted molar refractivity (Wildman–Crippen MR) is 74.8 cm³/mol. The second-order valence-corrected chi connectivity index (χ2v) is 5.97. The lowest BCUT2D eigenvalue weighted by Gasteiger charge is -2.03. The van der Waals surface area contributed by atoms with Gasteiger partial charge < -0.3 is 9.88 Å². The molecule has 1 amide bonds. The Kier molecular flexibility index (Phi) is 3.03. The van der Waals surface area contributed by atoms with Crippen molar-refractivity contribution in [3.8, 4) is 6.07 Å². The zero-order chi connectivity index (χ0) is 14.3. The third-order valence-electron chi connectivity index (χ3n) is 3.54. The van der Waals surface area contributed by atoms with Gasteiger partial charge in [-0.05, 0) is 25.8 Å². The standard InChI is InChI=1S/C13H13N5OS/c1-7-8(2)20-13(9(7)6-14)15-12(19)11-17-16-10-4-3-5-18(10)11/h3-5H2,1-2H3,(H,15,19). The molecule has 102 valence electrons. The summed E-state index contributed by atoms with van der Waals surface area (Å²) in [5.74, 6) is 0.877. The number of hydrogen-bond donors (Lipinski definition) is 1. The normalized spacial score (nSPS) is 13.1. The van der Waals surface area contributed by atoms with Crippen molar-refractivity contribution in [1.82, 2.24) is 14.8 Å². The molecule has 2 aromatic rings. The minimum Gasteiger partial charge on any atom is -0.310 e. The van der Waals surface area contributed by atoms with E-state index in [1.807, 2.05) is 18.4 Å². The number of amides is 1. The molecule has 1 aliphatic rings. The molecular weight excluding hydrogens is 274 g/mol. The van der Waals surface area contributed by atoms with Crippen LogP contribution in [0.1, 0.15) is 38.9 Å². The van der Waals surface area contributed by atoms with E-state index in [-0.39, 0.29) is 5.91 Å². The molecular formula is C13H13N5OS. The van der Waals surface area contributed by atoms with Crippen molar-refractivity contribution < 1.29 is 4.79 Å². The van der Waals surface area contributed by atoms with Crippen molar-refractivity contribution >= 4 is 22.2 Å². The van der Waals surface area contributed by atoms with E-state index in [2.05, 4.69) is 21.6 Å². The molecule has 0 fully saturated rings. The van der Waals surface area contributed by atoms with Crippen molar-refractivity contribution in [2.24, 2.45) is 0 Å². The van der Waals surface area contributed by atoms with Crippen molar-refractivity contribution in [3.05, 3.63) is 27.7 Å². The lowest BCUT2D eigenvalue weighted by Crippen LogP contribution is -2.17. The van der Waals surface area contributed by atoms with Crippen LogP contribution in [-0.4, -0.2) is 20.7 Å². The molecule has 20 heavy (non-hydrogen) atoms. The van der Waals surface area contributed by atoms with E-state index in [9.17, 15) is 10.1 Å². The molecule has 0 aliphatic carbocycles. The first-order valence-corrected chi connectivity index (χ1v) is 7.17. The first-order valence-electron chi connectivity index (χ1n) is 6.35. The van der Waals surface area contributed by atoms with E-state index in [1.165, 1.54) is 11.3 Å². The maximum Gasteiger partial charge on any atom is 0.294 e. The van der Waals surface area contributed by atoms with Gasteiger partial charge in [-0.15, -0.1) is 21.5 Å². The largest absolute Gasteiger partial charge is 0.310 e. The van der Waals surface area contributed by atoms with Gasteiger partial charge in [-0.2, -0.15) is 5.26 Å². The Bertz CT molecular complexity index is 737. The Balaban J connectivity index is 1.90. The molecule has 0 spiro atoms. The second kappa shape index (κ2) is 4.72. The van der Waals surface area contributed by atoms with Crippen molar-refractivity contribution in [3.63, 3.8) is 0 Å². The average molecular weight is 287 g/mol. The molecule has 3 rings (SSSR count). The lowest BCUT2D eigenvalue weighted by molar-refractivity contribution is 0.101. The summed E-state index contributed by atoms with van der Waals surface area (Å²) in [6, 6.07) is 2.14. The van der Waals surface area contributed by atoms with Crippen LogP contribution in [0.4, 0.5) is 5.00 Å². The summed E-state index contributed by atoms with van der Waals surface area (Å²) in [6.07, 6.45) is 1.85. The zero-order valence-corrected chi connectivity index (χ0v) is 12.0. The van der Waals surface area contributed by atoms with E-state index >= 15 is 0 Å². The Morgan fingerprint density at radius 3 is 3.00 bits per heavy atom. The number of carbonyl (C=O) groups is 1.